The lowest BCUT2D eigenvalue weighted by Gasteiger charge is -1.99. The van der Waals surface area contributed by atoms with Crippen molar-refractivity contribution in [3.63, 3.8) is 0 Å². The molecule has 0 atom stereocenters. The Bertz CT molecular complexity index is 289. The number of hydrogen-bond acceptors (Lipinski definition) is 4. The molecule has 0 bridgehead atoms. The Balaban J connectivity index is 2.79. The van der Waals surface area contributed by atoms with Crippen LogP contribution < -0.4 is 10.2 Å². The molecule has 0 spiro atoms. The molecule has 0 saturated carbocycles. The second-order valence-corrected chi connectivity index (χ2v) is 1.95. The molecule has 6 heteroatoms. The maximum atomic E-state index is 9.98. The van der Waals surface area contributed by atoms with Crippen LogP contribution in [0.3, 0.4) is 0 Å². The van der Waals surface area contributed by atoms with Crippen LogP contribution in [-0.2, 0) is 0 Å². The average molecular weight is 169 g/mol. The van der Waals surface area contributed by atoms with Gasteiger partial charge in [0.2, 0.25) is 0 Å². The number of nitro groups is 1. The van der Waals surface area contributed by atoms with E-state index >= 15 is 0 Å². The first kappa shape index (κ1) is 8.25. The van der Waals surface area contributed by atoms with Gasteiger partial charge < -0.3 is 4.74 Å². The van der Waals surface area contributed by atoms with Gasteiger partial charge in [0.05, 0.1) is 7.11 Å². The molecule has 1 rings (SSSR count). The van der Waals surface area contributed by atoms with Crippen LogP contribution in [0.15, 0.2) is 18.3 Å². The van der Waals surface area contributed by atoms with Gasteiger partial charge in [-0.05, 0) is 6.07 Å². The second-order valence-electron chi connectivity index (χ2n) is 1.95. The van der Waals surface area contributed by atoms with Gasteiger partial charge in [-0.2, -0.15) is 0 Å². The van der Waals surface area contributed by atoms with Crippen LogP contribution in [0.5, 0.6) is 5.75 Å². The Kier molecular flexibility index (Phi) is 2.42. The standard InChI is InChI=1S/C6H7N3O3/c1-12-5-2-3-7-6(4-5)8-9(10)11/h2-4H,1H3,(H,7,8). The van der Waals surface area contributed by atoms with E-state index in [1.165, 1.54) is 19.4 Å². The van der Waals surface area contributed by atoms with Gasteiger partial charge in [-0.3, -0.25) is 0 Å². The van der Waals surface area contributed by atoms with Crippen molar-refractivity contribution in [3.05, 3.63) is 28.4 Å². The third-order valence-electron chi connectivity index (χ3n) is 1.17. The molecule has 64 valence electrons. The van der Waals surface area contributed by atoms with Gasteiger partial charge in [-0.1, -0.05) is 5.43 Å². The second kappa shape index (κ2) is 3.51. The number of rotatable bonds is 3. The summed E-state index contributed by atoms with van der Waals surface area (Å²) in [6.45, 7) is 0. The van der Waals surface area contributed by atoms with Crippen LogP contribution in [0.1, 0.15) is 0 Å². The summed E-state index contributed by atoms with van der Waals surface area (Å²) in [5.41, 5.74) is 1.91. The molecule has 0 aliphatic heterocycles. The van der Waals surface area contributed by atoms with Crippen LogP contribution >= 0.6 is 0 Å². The maximum Gasteiger partial charge on any atom is 0.194 e. The molecule has 1 heterocycles. The zero-order valence-electron chi connectivity index (χ0n) is 6.35. The van der Waals surface area contributed by atoms with Crippen LogP contribution in [0.4, 0.5) is 5.82 Å². The molecule has 1 N–H and O–H groups in total. The first-order valence-corrected chi connectivity index (χ1v) is 3.13. The van der Waals surface area contributed by atoms with Crippen molar-refractivity contribution in [1.82, 2.24) is 4.98 Å². The first-order chi connectivity index (χ1) is 5.72. The third-order valence-corrected chi connectivity index (χ3v) is 1.17. The van der Waals surface area contributed by atoms with Crippen molar-refractivity contribution in [2.24, 2.45) is 0 Å². The molecule has 1 aromatic rings. The lowest BCUT2D eigenvalue weighted by Crippen LogP contribution is -2.08. The van der Waals surface area contributed by atoms with Gasteiger partial charge in [-0.15, -0.1) is 0 Å². The number of methoxy groups -OCH3 is 1. The molecule has 1 aromatic heterocycles. The Hall–Kier alpha value is -1.85. The summed E-state index contributed by atoms with van der Waals surface area (Å²) in [5, 5.41) is 9.30. The van der Waals surface area contributed by atoms with Crippen LogP contribution in [-0.4, -0.2) is 17.1 Å². The summed E-state index contributed by atoms with van der Waals surface area (Å²) in [6, 6.07) is 3.04. The Morgan fingerprint density at radius 1 is 1.75 bits per heavy atom. The number of ether oxygens (including phenoxy) is 1. The van der Waals surface area contributed by atoms with E-state index in [4.69, 9.17) is 4.74 Å². The highest BCUT2D eigenvalue weighted by Gasteiger charge is 2.00. The van der Waals surface area contributed by atoms with E-state index in [0.717, 1.165) is 0 Å². The average Bonchev–Trinajstić information content (AvgIpc) is 2.03. The molecular formula is C6H7N3O3. The molecule has 0 aromatic carbocycles. The molecular weight excluding hydrogens is 162 g/mol. The fourth-order valence-electron chi connectivity index (χ4n) is 0.693. The first-order valence-electron chi connectivity index (χ1n) is 3.13. The Morgan fingerprint density at radius 3 is 3.08 bits per heavy atom. The zero-order valence-corrected chi connectivity index (χ0v) is 6.35. The van der Waals surface area contributed by atoms with Crippen LogP contribution in [0.2, 0.25) is 0 Å². The monoisotopic (exact) mass is 169 g/mol. The fourth-order valence-corrected chi connectivity index (χ4v) is 0.693. The van der Waals surface area contributed by atoms with E-state index in [1.54, 1.807) is 6.07 Å². The fraction of sp³-hybridized carbons (Fsp3) is 0.167. The molecule has 12 heavy (non-hydrogen) atoms. The van der Waals surface area contributed by atoms with Gasteiger partial charge in [-0.25, -0.2) is 15.1 Å². The molecule has 0 aliphatic carbocycles. The maximum absolute atomic E-state index is 9.98. The van der Waals surface area contributed by atoms with E-state index in [1.807, 2.05) is 5.43 Å². The number of nitrogens with zero attached hydrogens (tertiary/aromatic N) is 2. The number of aromatic nitrogens is 1. The summed E-state index contributed by atoms with van der Waals surface area (Å²) in [7, 11) is 1.48. The minimum absolute atomic E-state index is 0.152. The van der Waals surface area contributed by atoms with Gasteiger partial charge in [0, 0.05) is 12.3 Å². The molecule has 0 fully saturated rings. The number of hydrogen-bond donors (Lipinski definition) is 1. The van der Waals surface area contributed by atoms with E-state index in [2.05, 4.69) is 4.98 Å². The number of pyridine rings is 1. The van der Waals surface area contributed by atoms with Crippen molar-refractivity contribution in [3.8, 4) is 5.75 Å². The predicted octanol–water partition coefficient (Wildman–Crippen LogP) is 0.694. The largest absolute Gasteiger partial charge is 0.497 e. The predicted molar refractivity (Wildman–Crippen MR) is 41.4 cm³/mol. The molecule has 0 aliphatic rings. The normalized spacial score (nSPS) is 9.08. The minimum atomic E-state index is -0.679. The van der Waals surface area contributed by atoms with Crippen molar-refractivity contribution in [2.45, 2.75) is 0 Å². The molecule has 6 nitrogen and oxygen atoms in total. The summed E-state index contributed by atoms with van der Waals surface area (Å²) in [4.78, 5) is 13.7. The highest BCUT2D eigenvalue weighted by atomic mass is 16.7. The molecule has 0 unspecified atom stereocenters. The summed E-state index contributed by atoms with van der Waals surface area (Å²) >= 11 is 0. The van der Waals surface area contributed by atoms with Crippen molar-refractivity contribution in [1.29, 1.82) is 0 Å². The SMILES string of the molecule is COc1ccnc(N[N+](=O)[O-])c1. The number of nitrogens with one attached hydrogen (secondary N) is 1. The molecule has 0 radical (unpaired) electrons. The van der Waals surface area contributed by atoms with E-state index < -0.39 is 5.03 Å². The van der Waals surface area contributed by atoms with E-state index in [-0.39, 0.29) is 5.82 Å². The number of hydrazine groups is 1. The minimum Gasteiger partial charge on any atom is -0.497 e. The van der Waals surface area contributed by atoms with Gasteiger partial charge >= 0.3 is 0 Å². The van der Waals surface area contributed by atoms with Crippen molar-refractivity contribution in [2.75, 3.05) is 12.5 Å². The van der Waals surface area contributed by atoms with Gasteiger partial charge in [0.15, 0.2) is 10.9 Å². The molecule has 0 amide bonds. The topological polar surface area (TPSA) is 77.3 Å². The summed E-state index contributed by atoms with van der Waals surface area (Å²) < 4.78 is 4.83. The number of anilines is 1. The van der Waals surface area contributed by atoms with E-state index in [0.29, 0.717) is 5.75 Å². The quantitative estimate of drug-likeness (QED) is 0.532. The molecule has 0 saturated heterocycles. The highest BCUT2D eigenvalue weighted by molar-refractivity contribution is 5.38. The third kappa shape index (κ3) is 2.08. The van der Waals surface area contributed by atoms with Crippen molar-refractivity contribution >= 4 is 5.82 Å². The Morgan fingerprint density at radius 2 is 2.50 bits per heavy atom. The summed E-state index contributed by atoms with van der Waals surface area (Å²) in [5.74, 6) is 0.675. The highest BCUT2D eigenvalue weighted by Crippen LogP contribution is 2.12. The van der Waals surface area contributed by atoms with Crippen molar-refractivity contribution < 1.29 is 9.77 Å². The van der Waals surface area contributed by atoms with Crippen LogP contribution in [0, 0.1) is 10.1 Å². The van der Waals surface area contributed by atoms with Gasteiger partial charge in [0.25, 0.3) is 0 Å². The summed E-state index contributed by atoms with van der Waals surface area (Å²) in [6.07, 6.45) is 1.42. The smallest absolute Gasteiger partial charge is 0.194 e. The Labute approximate surface area is 68.3 Å². The lowest BCUT2D eigenvalue weighted by atomic mass is 10.4. The van der Waals surface area contributed by atoms with Gasteiger partial charge in [0.1, 0.15) is 5.75 Å². The van der Waals surface area contributed by atoms with E-state index in [9.17, 15) is 10.1 Å². The van der Waals surface area contributed by atoms with Crippen LogP contribution in [0.25, 0.3) is 0 Å². The zero-order chi connectivity index (χ0) is 8.97. The lowest BCUT2D eigenvalue weighted by molar-refractivity contribution is -0.445.